The third-order valence-electron chi connectivity index (χ3n) is 4.69. The minimum Gasteiger partial charge on any atom is -0.311 e. The molecule has 0 aliphatic carbocycles. The first-order valence-electron chi connectivity index (χ1n) is 8.88. The van der Waals surface area contributed by atoms with Gasteiger partial charge in [0.15, 0.2) is 0 Å². The highest BCUT2D eigenvalue weighted by molar-refractivity contribution is 5.89. The van der Waals surface area contributed by atoms with E-state index in [1.165, 1.54) is 24.5 Å². The molecule has 3 heterocycles. The van der Waals surface area contributed by atoms with Gasteiger partial charge in [-0.1, -0.05) is 12.1 Å². The topological polar surface area (TPSA) is 71.0 Å². The second kappa shape index (κ2) is 7.50. The highest BCUT2D eigenvalue weighted by Gasteiger charge is 2.35. The Kier molecular flexibility index (Phi) is 4.87. The average Bonchev–Trinajstić information content (AvgIpc) is 2.73. The number of halogens is 3. The van der Waals surface area contributed by atoms with Gasteiger partial charge >= 0.3 is 12.2 Å². The molecule has 2 aromatic heterocycles. The number of hydrogen-bond donors (Lipinski definition) is 1. The molecule has 1 N–H and O–H groups in total. The number of pyridine rings is 1. The van der Waals surface area contributed by atoms with Crippen molar-refractivity contribution in [1.29, 1.82) is 0 Å². The smallest absolute Gasteiger partial charge is 0.311 e. The van der Waals surface area contributed by atoms with E-state index < -0.39 is 17.8 Å². The summed E-state index contributed by atoms with van der Waals surface area (Å²) in [5.74, 6) is 0. The van der Waals surface area contributed by atoms with Gasteiger partial charge in [-0.2, -0.15) is 13.2 Å². The Hall–Kier alpha value is -3.49. The zero-order chi connectivity index (χ0) is 20.4. The van der Waals surface area contributed by atoms with Crippen LogP contribution < -0.4 is 5.32 Å². The number of fused-ring (bicyclic) bond motifs is 1. The van der Waals surface area contributed by atoms with Crippen molar-refractivity contribution in [3.63, 3.8) is 0 Å². The van der Waals surface area contributed by atoms with Crippen LogP contribution in [-0.4, -0.2) is 32.4 Å². The average molecular weight is 399 g/mol. The lowest BCUT2D eigenvalue weighted by Crippen LogP contribution is -2.43. The molecule has 0 fully saturated rings. The Morgan fingerprint density at radius 2 is 1.83 bits per heavy atom. The third kappa shape index (κ3) is 3.89. The van der Waals surface area contributed by atoms with Crippen molar-refractivity contribution < 1.29 is 18.0 Å². The van der Waals surface area contributed by atoms with Gasteiger partial charge in [0.2, 0.25) is 0 Å². The van der Waals surface area contributed by atoms with Crippen LogP contribution >= 0.6 is 0 Å². The Morgan fingerprint density at radius 3 is 2.52 bits per heavy atom. The van der Waals surface area contributed by atoms with Gasteiger partial charge in [-0.3, -0.25) is 15.0 Å². The van der Waals surface area contributed by atoms with Crippen molar-refractivity contribution in [2.75, 3.05) is 11.9 Å². The molecular weight excluding hydrogens is 383 g/mol. The molecule has 0 radical (unpaired) electrons. The van der Waals surface area contributed by atoms with E-state index in [1.54, 1.807) is 29.4 Å². The first-order chi connectivity index (χ1) is 13.9. The second-order valence-electron chi connectivity index (χ2n) is 6.53. The lowest BCUT2D eigenvalue weighted by atomic mass is 9.94. The lowest BCUT2D eigenvalue weighted by molar-refractivity contribution is -0.137. The molecule has 2 amide bonds. The quantitative estimate of drug-likeness (QED) is 0.705. The number of benzene rings is 1. The fraction of sp³-hybridized carbons (Fsp3) is 0.200. The monoisotopic (exact) mass is 399 g/mol. The molecule has 4 rings (SSSR count). The minimum atomic E-state index is -4.43. The van der Waals surface area contributed by atoms with E-state index in [-0.39, 0.29) is 6.03 Å². The molecule has 0 spiro atoms. The van der Waals surface area contributed by atoms with Gasteiger partial charge < -0.3 is 10.2 Å². The maximum atomic E-state index is 12.9. The van der Waals surface area contributed by atoms with E-state index in [9.17, 15) is 18.0 Å². The number of anilines is 1. The first kappa shape index (κ1) is 18.9. The first-order valence-corrected chi connectivity index (χ1v) is 8.88. The van der Waals surface area contributed by atoms with Crippen LogP contribution in [0.3, 0.4) is 0 Å². The van der Waals surface area contributed by atoms with Crippen LogP contribution in [-0.2, 0) is 12.6 Å². The Labute approximate surface area is 164 Å². The van der Waals surface area contributed by atoms with Crippen molar-refractivity contribution in [1.82, 2.24) is 19.9 Å². The fourth-order valence-electron chi connectivity index (χ4n) is 3.34. The van der Waals surface area contributed by atoms with Crippen molar-refractivity contribution in [2.45, 2.75) is 18.6 Å². The number of aromatic nitrogens is 3. The molecule has 0 saturated heterocycles. The summed E-state index contributed by atoms with van der Waals surface area (Å²) in [5.41, 5.74) is 1.58. The number of alkyl halides is 3. The standard InChI is InChI=1S/C20H16F3N5O/c21-20(22,23)14-5-3-13(4-6-14)18-17-16(25-9-10-26-17)7-11-28(18)19(29)27-15-2-1-8-24-12-15/h1-6,8-10,12,18H,7,11H2,(H,27,29). The molecule has 0 bridgehead atoms. The van der Waals surface area contributed by atoms with Crippen molar-refractivity contribution in [3.05, 3.63) is 83.7 Å². The van der Waals surface area contributed by atoms with Gasteiger partial charge in [0.1, 0.15) is 6.04 Å². The summed E-state index contributed by atoms with van der Waals surface area (Å²) < 4.78 is 38.8. The second-order valence-corrected chi connectivity index (χ2v) is 6.53. The molecule has 148 valence electrons. The van der Waals surface area contributed by atoms with E-state index >= 15 is 0 Å². The Balaban J connectivity index is 1.70. The van der Waals surface area contributed by atoms with Gasteiger partial charge in [-0.05, 0) is 29.8 Å². The third-order valence-corrected chi connectivity index (χ3v) is 4.69. The molecule has 1 aliphatic rings. The van der Waals surface area contributed by atoms with E-state index in [0.717, 1.165) is 17.8 Å². The predicted octanol–water partition coefficient (Wildman–Crippen LogP) is 4.07. The number of urea groups is 1. The number of rotatable bonds is 2. The van der Waals surface area contributed by atoms with Gasteiger partial charge in [-0.25, -0.2) is 4.79 Å². The maximum Gasteiger partial charge on any atom is 0.416 e. The van der Waals surface area contributed by atoms with Crippen LogP contribution in [0.2, 0.25) is 0 Å². The SMILES string of the molecule is O=C(Nc1cccnc1)N1CCc2nccnc2C1c1ccc(C(F)(F)F)cc1. The zero-order valence-electron chi connectivity index (χ0n) is 15.1. The van der Waals surface area contributed by atoms with Crippen LogP contribution in [0.15, 0.2) is 61.2 Å². The summed E-state index contributed by atoms with van der Waals surface area (Å²) in [6.07, 6.45) is 2.25. The van der Waals surface area contributed by atoms with Crippen LogP contribution in [0.25, 0.3) is 0 Å². The van der Waals surface area contributed by atoms with Gasteiger partial charge in [0, 0.05) is 31.6 Å². The summed E-state index contributed by atoms with van der Waals surface area (Å²) in [6.45, 7) is 0.351. The Bertz CT molecular complexity index is 1010. The number of amides is 2. The Morgan fingerprint density at radius 1 is 1.07 bits per heavy atom. The zero-order valence-corrected chi connectivity index (χ0v) is 15.1. The summed E-state index contributed by atoms with van der Waals surface area (Å²) in [7, 11) is 0. The van der Waals surface area contributed by atoms with Crippen LogP contribution in [0.4, 0.5) is 23.7 Å². The highest BCUT2D eigenvalue weighted by Crippen LogP contribution is 2.35. The maximum absolute atomic E-state index is 12.9. The number of nitrogens with one attached hydrogen (secondary N) is 1. The van der Waals surface area contributed by atoms with Gasteiger partial charge in [0.25, 0.3) is 0 Å². The molecule has 3 aromatic rings. The predicted molar refractivity (Wildman–Crippen MR) is 99.0 cm³/mol. The van der Waals surface area contributed by atoms with Crippen molar-refractivity contribution in [3.8, 4) is 0 Å². The minimum absolute atomic E-state index is 0.351. The molecule has 1 atom stereocenters. The largest absolute Gasteiger partial charge is 0.416 e. The van der Waals surface area contributed by atoms with Crippen LogP contribution in [0, 0.1) is 0 Å². The molecule has 29 heavy (non-hydrogen) atoms. The summed E-state index contributed by atoms with van der Waals surface area (Å²) in [4.78, 5) is 27.1. The van der Waals surface area contributed by atoms with Crippen LogP contribution in [0.1, 0.15) is 28.6 Å². The van der Waals surface area contributed by atoms with E-state index in [0.29, 0.717) is 29.9 Å². The molecule has 1 aromatic carbocycles. The van der Waals surface area contributed by atoms with Crippen molar-refractivity contribution in [2.24, 2.45) is 0 Å². The van der Waals surface area contributed by atoms with Gasteiger partial charge in [-0.15, -0.1) is 0 Å². The lowest BCUT2D eigenvalue weighted by Gasteiger charge is -2.36. The number of hydrogen-bond acceptors (Lipinski definition) is 4. The summed E-state index contributed by atoms with van der Waals surface area (Å²) in [5, 5.41) is 2.77. The highest BCUT2D eigenvalue weighted by atomic mass is 19.4. The fourth-order valence-corrected chi connectivity index (χ4v) is 3.34. The van der Waals surface area contributed by atoms with E-state index in [4.69, 9.17) is 0 Å². The molecular formula is C20H16F3N5O. The molecule has 0 saturated carbocycles. The number of nitrogens with zero attached hydrogens (tertiary/aromatic N) is 4. The summed E-state index contributed by atoms with van der Waals surface area (Å²) >= 11 is 0. The number of carbonyl (C=O) groups is 1. The van der Waals surface area contributed by atoms with Crippen molar-refractivity contribution >= 4 is 11.7 Å². The number of carbonyl (C=O) groups excluding carboxylic acids is 1. The molecule has 9 heteroatoms. The van der Waals surface area contributed by atoms with E-state index in [2.05, 4.69) is 20.3 Å². The van der Waals surface area contributed by atoms with Gasteiger partial charge in [0.05, 0.1) is 28.8 Å². The molecule has 1 unspecified atom stereocenters. The molecule has 6 nitrogen and oxygen atoms in total. The normalized spacial score (nSPS) is 16.2. The van der Waals surface area contributed by atoms with E-state index in [1.807, 2.05) is 0 Å². The van der Waals surface area contributed by atoms with Crippen LogP contribution in [0.5, 0.6) is 0 Å². The summed E-state index contributed by atoms with van der Waals surface area (Å²) in [6, 6.07) is 7.14. The molecule has 1 aliphatic heterocycles.